The van der Waals surface area contributed by atoms with Crippen LogP contribution in [0.4, 0.5) is 22.1 Å². The Bertz CT molecular complexity index is 1010. The van der Waals surface area contributed by atoms with E-state index >= 15 is 0 Å². The van der Waals surface area contributed by atoms with Crippen LogP contribution in [0.5, 0.6) is 0 Å². The van der Waals surface area contributed by atoms with Crippen molar-refractivity contribution >= 4 is 34.7 Å². The second kappa shape index (κ2) is 9.67. The molecule has 5 rings (SSSR count). The van der Waals surface area contributed by atoms with Gasteiger partial charge in [0.25, 0.3) is 0 Å². The predicted octanol–water partition coefficient (Wildman–Crippen LogP) is 5.04. The highest BCUT2D eigenvalue weighted by molar-refractivity contribution is 7.08. The number of carbonyl (C=O) groups excluding carboxylic acids is 1. The molecule has 2 aliphatic heterocycles. The van der Waals surface area contributed by atoms with Gasteiger partial charge in [-0.05, 0) is 85.4 Å². The van der Waals surface area contributed by atoms with Crippen molar-refractivity contribution in [3.05, 3.63) is 53.5 Å². The van der Waals surface area contributed by atoms with Crippen LogP contribution in [0.15, 0.2) is 53.5 Å². The van der Waals surface area contributed by atoms with Gasteiger partial charge in [0.2, 0.25) is 5.95 Å². The lowest BCUT2D eigenvalue weighted by Gasteiger charge is -2.36. The molecule has 2 N–H and O–H groups in total. The summed E-state index contributed by atoms with van der Waals surface area (Å²) in [5.74, 6) is 0.543. The van der Waals surface area contributed by atoms with Crippen LogP contribution in [0.2, 0.25) is 0 Å². The van der Waals surface area contributed by atoms with E-state index in [1.807, 2.05) is 46.9 Å². The minimum absolute atomic E-state index is 0.0158. The van der Waals surface area contributed by atoms with Crippen molar-refractivity contribution in [2.45, 2.75) is 31.7 Å². The van der Waals surface area contributed by atoms with Gasteiger partial charge in [0.15, 0.2) is 0 Å². The van der Waals surface area contributed by atoms with E-state index in [-0.39, 0.29) is 6.03 Å². The number of anilines is 3. The molecule has 0 unspecified atom stereocenters. The molecule has 2 aliphatic rings. The van der Waals surface area contributed by atoms with Crippen molar-refractivity contribution in [2.75, 3.05) is 36.8 Å². The summed E-state index contributed by atoms with van der Waals surface area (Å²) in [6, 6.07) is 10.3. The van der Waals surface area contributed by atoms with E-state index in [1.54, 1.807) is 11.3 Å². The maximum atomic E-state index is 12.7. The summed E-state index contributed by atoms with van der Waals surface area (Å²) in [4.78, 5) is 26.0. The van der Waals surface area contributed by atoms with Crippen molar-refractivity contribution in [3.8, 4) is 11.1 Å². The highest BCUT2D eigenvalue weighted by Crippen LogP contribution is 2.23. The lowest BCUT2D eigenvalue weighted by molar-refractivity contribution is 0.140. The van der Waals surface area contributed by atoms with Crippen LogP contribution in [-0.4, -0.2) is 58.0 Å². The molecule has 2 fully saturated rings. The van der Waals surface area contributed by atoms with Crippen molar-refractivity contribution in [2.24, 2.45) is 0 Å². The Labute approximate surface area is 192 Å². The van der Waals surface area contributed by atoms with Crippen molar-refractivity contribution in [1.29, 1.82) is 0 Å². The topological polar surface area (TPSA) is 73.4 Å². The number of rotatable bonds is 5. The van der Waals surface area contributed by atoms with Crippen LogP contribution >= 0.6 is 11.3 Å². The van der Waals surface area contributed by atoms with Gasteiger partial charge in [-0.2, -0.15) is 11.3 Å². The number of amides is 2. The number of piperidine rings is 1. The maximum Gasteiger partial charge on any atom is 0.321 e. The zero-order valence-electron chi connectivity index (χ0n) is 18.0. The lowest BCUT2D eigenvalue weighted by atomic mass is 10.0. The molecule has 0 radical (unpaired) electrons. The highest BCUT2D eigenvalue weighted by Gasteiger charge is 2.28. The van der Waals surface area contributed by atoms with Gasteiger partial charge in [-0.15, -0.1) is 0 Å². The van der Waals surface area contributed by atoms with E-state index in [4.69, 9.17) is 0 Å². The smallest absolute Gasteiger partial charge is 0.321 e. The van der Waals surface area contributed by atoms with E-state index in [2.05, 4.69) is 36.9 Å². The summed E-state index contributed by atoms with van der Waals surface area (Å²) >= 11 is 1.65. The molecule has 8 heteroatoms. The molecule has 0 spiro atoms. The molecule has 0 saturated carbocycles. The van der Waals surface area contributed by atoms with Crippen LogP contribution in [0.3, 0.4) is 0 Å². The number of urea groups is 1. The van der Waals surface area contributed by atoms with Crippen LogP contribution in [0, 0.1) is 0 Å². The SMILES string of the molecule is O=C(Nc1ccc(Nc2ncc(-c3ccsc3)cn2)cc1)N1CCC(N2CCCC2)CC1. The monoisotopic (exact) mass is 448 g/mol. The van der Waals surface area contributed by atoms with Crippen molar-refractivity contribution in [1.82, 2.24) is 19.8 Å². The fourth-order valence-electron chi connectivity index (χ4n) is 4.48. The average molecular weight is 449 g/mol. The molecule has 7 nitrogen and oxygen atoms in total. The van der Waals surface area contributed by atoms with Crippen LogP contribution in [0.25, 0.3) is 11.1 Å². The normalized spacial score (nSPS) is 17.4. The van der Waals surface area contributed by atoms with Crippen LogP contribution in [0.1, 0.15) is 25.7 Å². The Kier molecular flexibility index (Phi) is 6.31. The zero-order valence-corrected chi connectivity index (χ0v) is 18.9. The number of aromatic nitrogens is 2. The highest BCUT2D eigenvalue weighted by atomic mass is 32.1. The Hall–Kier alpha value is -2.97. The average Bonchev–Trinajstić information content (AvgIpc) is 3.56. The van der Waals surface area contributed by atoms with Gasteiger partial charge in [-0.1, -0.05) is 0 Å². The number of likely N-dealkylation sites (tertiary alicyclic amines) is 2. The van der Waals surface area contributed by atoms with E-state index in [9.17, 15) is 4.79 Å². The minimum Gasteiger partial charge on any atom is -0.324 e. The molecule has 1 aromatic carbocycles. The Morgan fingerprint density at radius 1 is 0.906 bits per heavy atom. The first-order chi connectivity index (χ1) is 15.7. The van der Waals surface area contributed by atoms with Crippen molar-refractivity contribution in [3.63, 3.8) is 0 Å². The van der Waals surface area contributed by atoms with Crippen LogP contribution in [-0.2, 0) is 0 Å². The molecule has 2 saturated heterocycles. The second-order valence-corrected chi connectivity index (χ2v) is 9.18. The number of nitrogens with one attached hydrogen (secondary N) is 2. The van der Waals surface area contributed by atoms with E-state index < -0.39 is 0 Å². The molecule has 0 bridgehead atoms. The number of nitrogens with zero attached hydrogens (tertiary/aromatic N) is 4. The number of benzene rings is 1. The summed E-state index contributed by atoms with van der Waals surface area (Å²) in [5.41, 5.74) is 3.79. The van der Waals surface area contributed by atoms with E-state index in [0.29, 0.717) is 12.0 Å². The molecule has 4 heterocycles. The summed E-state index contributed by atoms with van der Waals surface area (Å²) in [7, 11) is 0. The molecule has 3 aromatic rings. The second-order valence-electron chi connectivity index (χ2n) is 8.40. The molecule has 2 amide bonds. The summed E-state index contributed by atoms with van der Waals surface area (Å²) < 4.78 is 0. The number of thiophene rings is 1. The number of carbonyl (C=O) groups is 1. The molecular formula is C24H28N6OS. The van der Waals surface area contributed by atoms with Gasteiger partial charge >= 0.3 is 6.03 Å². The van der Waals surface area contributed by atoms with Gasteiger partial charge < -0.3 is 20.4 Å². The Morgan fingerprint density at radius 3 is 2.25 bits per heavy atom. The quantitative estimate of drug-likeness (QED) is 0.572. The molecule has 0 atom stereocenters. The zero-order chi connectivity index (χ0) is 21.8. The first-order valence-electron chi connectivity index (χ1n) is 11.3. The third-order valence-electron chi connectivity index (χ3n) is 6.31. The van der Waals surface area contributed by atoms with Gasteiger partial charge in [-0.25, -0.2) is 14.8 Å². The number of hydrogen-bond acceptors (Lipinski definition) is 6. The standard InChI is InChI=1S/C24H28N6OS/c31-24(30-12-7-22(8-13-30)29-10-1-2-11-29)28-21-5-3-20(4-6-21)27-23-25-15-19(16-26-23)18-9-14-32-17-18/h3-6,9,14-17,22H,1-2,7-8,10-13H2,(H,28,31)(H,25,26,27). The summed E-state index contributed by atoms with van der Waals surface area (Å²) in [6.07, 6.45) is 8.41. The van der Waals surface area contributed by atoms with Crippen molar-refractivity contribution < 1.29 is 4.79 Å². The van der Waals surface area contributed by atoms with Gasteiger partial charge in [-0.3, -0.25) is 0 Å². The lowest BCUT2D eigenvalue weighted by Crippen LogP contribution is -2.47. The molecule has 166 valence electrons. The molecule has 2 aromatic heterocycles. The molecular weight excluding hydrogens is 420 g/mol. The van der Waals surface area contributed by atoms with Gasteiger partial charge in [0, 0.05) is 48.5 Å². The van der Waals surface area contributed by atoms with Gasteiger partial charge in [0.1, 0.15) is 0 Å². The molecule has 32 heavy (non-hydrogen) atoms. The fourth-order valence-corrected chi connectivity index (χ4v) is 5.14. The largest absolute Gasteiger partial charge is 0.324 e. The van der Waals surface area contributed by atoms with E-state index in [0.717, 1.165) is 48.4 Å². The van der Waals surface area contributed by atoms with E-state index in [1.165, 1.54) is 25.9 Å². The number of hydrogen-bond donors (Lipinski definition) is 2. The maximum absolute atomic E-state index is 12.7. The summed E-state index contributed by atoms with van der Waals surface area (Å²) in [5, 5.41) is 10.3. The fraction of sp³-hybridized carbons (Fsp3) is 0.375. The summed E-state index contributed by atoms with van der Waals surface area (Å²) in [6.45, 7) is 4.10. The Morgan fingerprint density at radius 2 is 1.59 bits per heavy atom. The van der Waals surface area contributed by atoms with Crippen LogP contribution < -0.4 is 10.6 Å². The minimum atomic E-state index is -0.0158. The Balaban J connectivity index is 1.12. The van der Waals surface area contributed by atoms with Gasteiger partial charge in [0.05, 0.1) is 0 Å². The predicted molar refractivity (Wildman–Crippen MR) is 129 cm³/mol. The third-order valence-corrected chi connectivity index (χ3v) is 6.99. The molecule has 0 aliphatic carbocycles. The first kappa shape index (κ1) is 20.9. The third kappa shape index (κ3) is 4.92. The first-order valence-corrected chi connectivity index (χ1v) is 12.2.